The molecule has 0 saturated carbocycles. The molecule has 2 aromatic rings. The second kappa shape index (κ2) is 6.76. The highest BCUT2D eigenvalue weighted by Crippen LogP contribution is 2.26. The van der Waals surface area contributed by atoms with Crippen molar-refractivity contribution in [1.82, 2.24) is 20.1 Å². The zero-order valence-electron chi connectivity index (χ0n) is 13.5. The fourth-order valence-electron chi connectivity index (χ4n) is 2.50. The summed E-state index contributed by atoms with van der Waals surface area (Å²) in [5.41, 5.74) is 0.480. The van der Waals surface area contributed by atoms with E-state index in [-0.39, 0.29) is 11.9 Å². The molecule has 3 heterocycles. The van der Waals surface area contributed by atoms with Crippen LogP contribution in [0.5, 0.6) is 0 Å². The van der Waals surface area contributed by atoms with E-state index < -0.39 is 0 Å². The van der Waals surface area contributed by atoms with Gasteiger partial charge in [-0.1, -0.05) is 13.8 Å². The predicted molar refractivity (Wildman–Crippen MR) is 84.3 cm³/mol. The summed E-state index contributed by atoms with van der Waals surface area (Å²) < 4.78 is 11.0. The Balaban J connectivity index is 1.79. The molecule has 1 atom stereocenters. The van der Waals surface area contributed by atoms with E-state index in [1.54, 1.807) is 11.8 Å². The standard InChI is InChI=1S/C15H20N4O3S/c1-9(2)6-13-16-11(8-23-13)15(20)19-4-5-21-7-12(19)14-18-17-10(3)22-14/h8-9,12H,4-7H2,1-3H3/t12-/m1/s1. The normalized spacial score (nSPS) is 18.6. The minimum atomic E-state index is -0.354. The van der Waals surface area contributed by atoms with E-state index in [9.17, 15) is 4.79 Å². The molecule has 2 aromatic heterocycles. The maximum absolute atomic E-state index is 12.8. The zero-order valence-corrected chi connectivity index (χ0v) is 14.3. The van der Waals surface area contributed by atoms with Crippen molar-refractivity contribution in [2.45, 2.75) is 33.2 Å². The van der Waals surface area contributed by atoms with Gasteiger partial charge in [-0.3, -0.25) is 4.79 Å². The molecule has 1 saturated heterocycles. The molecule has 0 aliphatic carbocycles. The molecule has 0 N–H and O–H groups in total. The highest BCUT2D eigenvalue weighted by Gasteiger charge is 2.34. The fourth-order valence-corrected chi connectivity index (χ4v) is 3.48. The molecule has 1 fully saturated rings. The van der Waals surface area contributed by atoms with Crippen LogP contribution in [-0.2, 0) is 11.2 Å². The van der Waals surface area contributed by atoms with Crippen LogP contribution < -0.4 is 0 Å². The van der Waals surface area contributed by atoms with E-state index in [4.69, 9.17) is 9.15 Å². The van der Waals surface area contributed by atoms with Crippen LogP contribution in [0, 0.1) is 12.8 Å². The molecule has 8 heteroatoms. The quantitative estimate of drug-likeness (QED) is 0.852. The van der Waals surface area contributed by atoms with E-state index in [1.807, 2.05) is 5.38 Å². The van der Waals surface area contributed by atoms with Crippen LogP contribution in [0.15, 0.2) is 9.80 Å². The molecule has 0 aromatic carbocycles. The fraction of sp³-hybridized carbons (Fsp3) is 0.600. The van der Waals surface area contributed by atoms with Crippen LogP contribution in [0.4, 0.5) is 0 Å². The number of thiazole rings is 1. The van der Waals surface area contributed by atoms with Gasteiger partial charge in [-0.2, -0.15) is 0 Å². The lowest BCUT2D eigenvalue weighted by Gasteiger charge is -2.32. The molecular formula is C15H20N4O3S. The van der Waals surface area contributed by atoms with Crippen LogP contribution >= 0.6 is 11.3 Å². The van der Waals surface area contributed by atoms with Gasteiger partial charge in [0.15, 0.2) is 0 Å². The van der Waals surface area contributed by atoms with Crippen LogP contribution in [0.25, 0.3) is 0 Å². The molecule has 0 bridgehead atoms. The number of carbonyl (C=O) groups is 1. The van der Waals surface area contributed by atoms with Crippen molar-refractivity contribution in [3.8, 4) is 0 Å². The van der Waals surface area contributed by atoms with Crippen molar-refractivity contribution >= 4 is 17.2 Å². The van der Waals surface area contributed by atoms with E-state index in [0.717, 1.165) is 11.4 Å². The van der Waals surface area contributed by atoms with Crippen molar-refractivity contribution in [2.24, 2.45) is 5.92 Å². The lowest BCUT2D eigenvalue weighted by Crippen LogP contribution is -2.43. The number of hydrogen-bond donors (Lipinski definition) is 0. The lowest BCUT2D eigenvalue weighted by atomic mass is 10.1. The number of aromatic nitrogens is 3. The number of carbonyl (C=O) groups excluding carboxylic acids is 1. The second-order valence-corrected chi connectivity index (χ2v) is 6.92. The molecule has 23 heavy (non-hydrogen) atoms. The summed E-state index contributed by atoms with van der Waals surface area (Å²) in [4.78, 5) is 19.0. The highest BCUT2D eigenvalue weighted by atomic mass is 32.1. The third kappa shape index (κ3) is 3.59. The maximum Gasteiger partial charge on any atom is 0.274 e. The molecule has 7 nitrogen and oxygen atoms in total. The minimum absolute atomic E-state index is 0.111. The number of ether oxygens (including phenoxy) is 1. The van der Waals surface area contributed by atoms with Gasteiger partial charge < -0.3 is 14.1 Å². The first kappa shape index (κ1) is 16.1. The van der Waals surface area contributed by atoms with Gasteiger partial charge in [-0.15, -0.1) is 21.5 Å². The average Bonchev–Trinajstić information content (AvgIpc) is 3.15. The first-order chi connectivity index (χ1) is 11.0. The molecule has 3 rings (SSSR count). The number of morpholine rings is 1. The highest BCUT2D eigenvalue weighted by molar-refractivity contribution is 7.09. The summed E-state index contributed by atoms with van der Waals surface area (Å²) in [5.74, 6) is 1.29. The third-order valence-corrected chi connectivity index (χ3v) is 4.44. The van der Waals surface area contributed by atoms with Gasteiger partial charge in [0, 0.05) is 25.3 Å². The minimum Gasteiger partial charge on any atom is -0.423 e. The first-order valence-electron chi connectivity index (χ1n) is 7.67. The zero-order chi connectivity index (χ0) is 16.4. The van der Waals surface area contributed by atoms with Gasteiger partial charge in [-0.25, -0.2) is 4.98 Å². The van der Waals surface area contributed by atoms with Gasteiger partial charge in [-0.05, 0) is 5.92 Å². The van der Waals surface area contributed by atoms with Crippen molar-refractivity contribution < 1.29 is 13.9 Å². The van der Waals surface area contributed by atoms with E-state index in [1.165, 1.54) is 11.3 Å². The Morgan fingerprint density at radius 2 is 2.30 bits per heavy atom. The molecular weight excluding hydrogens is 316 g/mol. The van der Waals surface area contributed by atoms with Gasteiger partial charge in [0.2, 0.25) is 11.8 Å². The van der Waals surface area contributed by atoms with Crippen molar-refractivity contribution in [3.05, 3.63) is 27.9 Å². The van der Waals surface area contributed by atoms with Gasteiger partial charge in [0.25, 0.3) is 5.91 Å². The number of hydrogen-bond acceptors (Lipinski definition) is 7. The Kier molecular flexibility index (Phi) is 4.72. The Labute approximate surface area is 138 Å². The molecule has 124 valence electrons. The lowest BCUT2D eigenvalue weighted by molar-refractivity contribution is -0.0109. The maximum atomic E-state index is 12.8. The van der Waals surface area contributed by atoms with Crippen LogP contribution in [-0.4, -0.2) is 45.7 Å². The number of rotatable bonds is 4. The van der Waals surface area contributed by atoms with Crippen LogP contribution in [0.3, 0.4) is 0 Å². The summed E-state index contributed by atoms with van der Waals surface area (Å²) >= 11 is 1.53. The first-order valence-corrected chi connectivity index (χ1v) is 8.55. The smallest absolute Gasteiger partial charge is 0.274 e. The summed E-state index contributed by atoms with van der Waals surface area (Å²) in [6.07, 6.45) is 0.882. The molecule has 1 aliphatic rings. The third-order valence-electron chi connectivity index (χ3n) is 3.57. The summed E-state index contributed by atoms with van der Waals surface area (Å²) in [5, 5.41) is 10.7. The summed E-state index contributed by atoms with van der Waals surface area (Å²) in [6, 6.07) is -0.354. The van der Waals surface area contributed by atoms with E-state index in [0.29, 0.717) is 43.2 Å². The van der Waals surface area contributed by atoms with Crippen molar-refractivity contribution in [2.75, 3.05) is 19.8 Å². The Morgan fingerprint density at radius 3 is 3.00 bits per heavy atom. The Hall–Kier alpha value is -1.80. The Morgan fingerprint density at radius 1 is 1.48 bits per heavy atom. The van der Waals surface area contributed by atoms with Crippen LogP contribution in [0.2, 0.25) is 0 Å². The molecule has 0 spiro atoms. The largest absolute Gasteiger partial charge is 0.423 e. The van der Waals surface area contributed by atoms with Crippen molar-refractivity contribution in [3.63, 3.8) is 0 Å². The number of nitrogens with zero attached hydrogens (tertiary/aromatic N) is 4. The van der Waals surface area contributed by atoms with Gasteiger partial charge in [0.1, 0.15) is 11.7 Å². The van der Waals surface area contributed by atoms with Gasteiger partial charge in [0.05, 0.1) is 18.2 Å². The molecule has 1 aliphatic heterocycles. The number of aryl methyl sites for hydroxylation is 1. The molecule has 0 radical (unpaired) electrons. The number of amides is 1. The molecule has 1 amide bonds. The van der Waals surface area contributed by atoms with E-state index >= 15 is 0 Å². The topological polar surface area (TPSA) is 81.4 Å². The average molecular weight is 336 g/mol. The van der Waals surface area contributed by atoms with Gasteiger partial charge >= 0.3 is 0 Å². The SMILES string of the molecule is Cc1nnc([C@H]2COCCN2C(=O)c2csc(CC(C)C)n2)o1. The summed E-state index contributed by atoms with van der Waals surface area (Å²) in [7, 11) is 0. The second-order valence-electron chi connectivity index (χ2n) is 5.97. The van der Waals surface area contributed by atoms with Crippen LogP contribution in [0.1, 0.15) is 47.2 Å². The van der Waals surface area contributed by atoms with E-state index in [2.05, 4.69) is 29.0 Å². The Bertz CT molecular complexity index is 682. The predicted octanol–water partition coefficient (Wildman–Crippen LogP) is 2.25. The van der Waals surface area contributed by atoms with Crippen molar-refractivity contribution in [1.29, 1.82) is 0 Å². The molecule has 0 unspecified atom stereocenters. The monoisotopic (exact) mass is 336 g/mol. The summed E-state index contributed by atoms with van der Waals surface area (Å²) in [6.45, 7) is 7.35.